The number of amides is 3. The van der Waals surface area contributed by atoms with Crippen molar-refractivity contribution in [1.82, 2.24) is 9.80 Å². The first-order valence-corrected chi connectivity index (χ1v) is 10.4. The summed E-state index contributed by atoms with van der Waals surface area (Å²) in [5.41, 5.74) is 2.33. The van der Waals surface area contributed by atoms with Crippen molar-refractivity contribution in [3.63, 3.8) is 0 Å². The van der Waals surface area contributed by atoms with Crippen LogP contribution in [0.15, 0.2) is 18.2 Å². The Balaban J connectivity index is 1.55. The second kappa shape index (κ2) is 9.28. The van der Waals surface area contributed by atoms with Crippen LogP contribution < -0.4 is 4.90 Å². The number of esters is 1. The first kappa shape index (κ1) is 21.8. The van der Waals surface area contributed by atoms with E-state index in [4.69, 9.17) is 4.74 Å². The van der Waals surface area contributed by atoms with Crippen LogP contribution in [0.25, 0.3) is 0 Å². The molecule has 0 unspecified atom stereocenters. The zero-order chi connectivity index (χ0) is 21.8. The van der Waals surface area contributed by atoms with Gasteiger partial charge in [0, 0.05) is 44.9 Å². The van der Waals surface area contributed by atoms with E-state index in [-0.39, 0.29) is 36.2 Å². The van der Waals surface area contributed by atoms with Crippen molar-refractivity contribution in [1.29, 1.82) is 0 Å². The molecule has 30 heavy (non-hydrogen) atoms. The zero-order valence-corrected chi connectivity index (χ0v) is 17.8. The SMILES string of the molecule is CCOC(=O)C1CCN(C(=O)CN(C)C(=O)c2ccc3c(c2)CCN3C(C)=O)CC1. The number of carbonyl (C=O) groups is 4. The highest BCUT2D eigenvalue weighted by Crippen LogP contribution is 2.29. The average Bonchev–Trinajstić information content (AvgIpc) is 3.17. The Bertz CT molecular complexity index is 845. The lowest BCUT2D eigenvalue weighted by Gasteiger charge is -2.32. The number of likely N-dealkylation sites (N-methyl/N-ethyl adjacent to an activating group) is 1. The van der Waals surface area contributed by atoms with Gasteiger partial charge in [-0.15, -0.1) is 0 Å². The predicted molar refractivity (Wildman–Crippen MR) is 111 cm³/mol. The lowest BCUT2D eigenvalue weighted by atomic mass is 9.97. The third-order valence-corrected chi connectivity index (χ3v) is 5.79. The molecule has 2 heterocycles. The number of rotatable bonds is 5. The summed E-state index contributed by atoms with van der Waals surface area (Å²) in [6, 6.07) is 5.31. The van der Waals surface area contributed by atoms with Gasteiger partial charge >= 0.3 is 5.97 Å². The Hall–Kier alpha value is -2.90. The minimum atomic E-state index is -0.228. The lowest BCUT2D eigenvalue weighted by Crippen LogP contribution is -2.45. The standard InChI is InChI=1S/C22H29N3O5/c1-4-30-22(29)16-7-10-24(11-8-16)20(27)14-23(3)21(28)18-5-6-19-17(13-18)9-12-25(19)15(2)26/h5-6,13,16H,4,7-12,14H2,1-3H3. The van der Waals surface area contributed by atoms with Crippen molar-refractivity contribution in [2.45, 2.75) is 33.1 Å². The van der Waals surface area contributed by atoms with Gasteiger partial charge in [0.25, 0.3) is 5.91 Å². The van der Waals surface area contributed by atoms with Crippen LogP contribution in [-0.4, -0.2) is 73.3 Å². The van der Waals surface area contributed by atoms with Gasteiger partial charge < -0.3 is 19.4 Å². The normalized spacial score (nSPS) is 16.2. The molecule has 0 spiro atoms. The molecular formula is C22H29N3O5. The number of anilines is 1. The Morgan fingerprint density at radius 3 is 2.47 bits per heavy atom. The van der Waals surface area contributed by atoms with E-state index in [0.717, 1.165) is 11.3 Å². The van der Waals surface area contributed by atoms with Crippen molar-refractivity contribution in [2.24, 2.45) is 5.92 Å². The summed E-state index contributed by atoms with van der Waals surface area (Å²) in [6.07, 6.45) is 1.88. The molecule has 1 saturated heterocycles. The summed E-state index contributed by atoms with van der Waals surface area (Å²) in [5.74, 6) is -0.723. The van der Waals surface area contributed by atoms with Crippen LogP contribution in [0, 0.1) is 5.92 Å². The Morgan fingerprint density at radius 1 is 1.13 bits per heavy atom. The number of piperidine rings is 1. The number of likely N-dealkylation sites (tertiary alicyclic amines) is 1. The van der Waals surface area contributed by atoms with Gasteiger partial charge in [-0.2, -0.15) is 0 Å². The molecule has 0 bridgehead atoms. The highest BCUT2D eigenvalue weighted by molar-refractivity contribution is 5.99. The van der Waals surface area contributed by atoms with Crippen LogP contribution >= 0.6 is 0 Å². The van der Waals surface area contributed by atoms with Gasteiger partial charge in [0.15, 0.2) is 0 Å². The summed E-state index contributed by atoms with van der Waals surface area (Å²) in [5, 5.41) is 0. The third-order valence-electron chi connectivity index (χ3n) is 5.79. The number of hydrogen-bond acceptors (Lipinski definition) is 5. The molecule has 2 aliphatic rings. The van der Waals surface area contributed by atoms with E-state index in [2.05, 4.69) is 0 Å². The number of ether oxygens (including phenoxy) is 1. The first-order valence-electron chi connectivity index (χ1n) is 10.4. The summed E-state index contributed by atoms with van der Waals surface area (Å²) < 4.78 is 5.06. The predicted octanol–water partition coefficient (Wildman–Crippen LogP) is 1.47. The van der Waals surface area contributed by atoms with E-state index >= 15 is 0 Å². The van der Waals surface area contributed by atoms with E-state index in [9.17, 15) is 19.2 Å². The van der Waals surface area contributed by atoms with Gasteiger partial charge in [0.05, 0.1) is 19.1 Å². The largest absolute Gasteiger partial charge is 0.466 e. The topological polar surface area (TPSA) is 87.2 Å². The van der Waals surface area contributed by atoms with Crippen LogP contribution in [0.4, 0.5) is 5.69 Å². The first-order chi connectivity index (χ1) is 14.3. The fourth-order valence-electron chi connectivity index (χ4n) is 4.08. The van der Waals surface area contributed by atoms with Crippen molar-refractivity contribution in [3.8, 4) is 0 Å². The maximum Gasteiger partial charge on any atom is 0.309 e. The number of nitrogens with zero attached hydrogens (tertiary/aromatic N) is 3. The summed E-state index contributed by atoms with van der Waals surface area (Å²) in [6.45, 7) is 5.26. The van der Waals surface area contributed by atoms with Crippen LogP contribution in [0.5, 0.6) is 0 Å². The van der Waals surface area contributed by atoms with Crippen molar-refractivity contribution < 1.29 is 23.9 Å². The highest BCUT2D eigenvalue weighted by atomic mass is 16.5. The Morgan fingerprint density at radius 2 is 1.83 bits per heavy atom. The Kier molecular flexibility index (Phi) is 6.74. The molecule has 0 aromatic heterocycles. The quantitative estimate of drug-likeness (QED) is 0.680. The Labute approximate surface area is 176 Å². The maximum absolute atomic E-state index is 12.8. The molecule has 0 radical (unpaired) electrons. The smallest absolute Gasteiger partial charge is 0.309 e. The van der Waals surface area contributed by atoms with Gasteiger partial charge in [0.2, 0.25) is 11.8 Å². The summed E-state index contributed by atoms with van der Waals surface area (Å²) in [7, 11) is 1.61. The van der Waals surface area contributed by atoms with Gasteiger partial charge in [-0.3, -0.25) is 19.2 Å². The van der Waals surface area contributed by atoms with Crippen molar-refractivity contribution >= 4 is 29.4 Å². The molecule has 8 heteroatoms. The number of benzene rings is 1. The molecule has 0 atom stereocenters. The van der Waals surface area contributed by atoms with Gasteiger partial charge in [0.1, 0.15) is 0 Å². The van der Waals surface area contributed by atoms with Gasteiger partial charge in [-0.05, 0) is 49.9 Å². The van der Waals surface area contributed by atoms with Crippen LogP contribution in [0.2, 0.25) is 0 Å². The van der Waals surface area contributed by atoms with Gasteiger partial charge in [-0.25, -0.2) is 0 Å². The van der Waals surface area contributed by atoms with E-state index in [1.165, 1.54) is 11.8 Å². The molecule has 1 fully saturated rings. The molecule has 2 aliphatic heterocycles. The minimum absolute atomic E-state index is 0.0118. The van der Waals surface area contributed by atoms with Crippen LogP contribution in [-0.2, 0) is 25.5 Å². The second-order valence-corrected chi connectivity index (χ2v) is 7.83. The summed E-state index contributed by atoms with van der Waals surface area (Å²) >= 11 is 0. The molecule has 3 amide bonds. The molecule has 0 aliphatic carbocycles. The fourth-order valence-corrected chi connectivity index (χ4v) is 4.08. The number of fused-ring (bicyclic) bond motifs is 1. The molecule has 1 aromatic rings. The number of hydrogen-bond donors (Lipinski definition) is 0. The van der Waals surface area contributed by atoms with Crippen LogP contribution in [0.1, 0.15) is 42.6 Å². The molecule has 0 saturated carbocycles. The molecule has 8 nitrogen and oxygen atoms in total. The van der Waals surface area contributed by atoms with Crippen molar-refractivity contribution in [3.05, 3.63) is 29.3 Å². The van der Waals surface area contributed by atoms with E-state index in [1.807, 2.05) is 6.07 Å². The molecular weight excluding hydrogens is 386 g/mol. The highest BCUT2D eigenvalue weighted by Gasteiger charge is 2.29. The van der Waals surface area contributed by atoms with E-state index in [1.54, 1.807) is 35.9 Å². The van der Waals surface area contributed by atoms with E-state index < -0.39 is 0 Å². The number of carbonyl (C=O) groups excluding carboxylic acids is 4. The van der Waals surface area contributed by atoms with Crippen molar-refractivity contribution in [2.75, 3.05) is 44.7 Å². The zero-order valence-electron chi connectivity index (χ0n) is 17.8. The fraction of sp³-hybridized carbons (Fsp3) is 0.545. The van der Waals surface area contributed by atoms with Gasteiger partial charge in [-0.1, -0.05) is 0 Å². The minimum Gasteiger partial charge on any atom is -0.466 e. The maximum atomic E-state index is 12.8. The molecule has 0 N–H and O–H groups in total. The lowest BCUT2D eigenvalue weighted by molar-refractivity contribution is -0.151. The second-order valence-electron chi connectivity index (χ2n) is 7.83. The average molecular weight is 415 g/mol. The molecule has 3 rings (SSSR count). The molecule has 162 valence electrons. The summed E-state index contributed by atoms with van der Waals surface area (Å²) in [4.78, 5) is 53.8. The van der Waals surface area contributed by atoms with E-state index in [0.29, 0.717) is 51.1 Å². The monoisotopic (exact) mass is 415 g/mol. The molecule has 1 aromatic carbocycles. The third kappa shape index (κ3) is 4.63. The van der Waals surface area contributed by atoms with Crippen LogP contribution in [0.3, 0.4) is 0 Å².